The topological polar surface area (TPSA) is 61.9 Å². The van der Waals surface area contributed by atoms with Crippen LogP contribution in [0.4, 0.5) is 11.4 Å². The number of thiocarbonyl (C=S) groups is 1. The van der Waals surface area contributed by atoms with E-state index in [0.29, 0.717) is 22.9 Å². The Morgan fingerprint density at radius 3 is 2.56 bits per heavy atom. The van der Waals surface area contributed by atoms with Gasteiger partial charge in [0.15, 0.2) is 5.11 Å². The molecular formula is C27H31N3O3S. The second-order valence-corrected chi connectivity index (χ2v) is 9.95. The summed E-state index contributed by atoms with van der Waals surface area (Å²) in [6, 6.07) is 11.5. The number of nitrogens with zero attached hydrogens (tertiary/aromatic N) is 2. The summed E-state index contributed by atoms with van der Waals surface area (Å²) in [7, 11) is 1.61. The van der Waals surface area contributed by atoms with Crippen molar-refractivity contribution in [3.63, 3.8) is 0 Å². The number of aryl methyl sites for hydroxylation is 1. The molecule has 0 aliphatic carbocycles. The molecular weight excluding hydrogens is 446 g/mol. The summed E-state index contributed by atoms with van der Waals surface area (Å²) in [5.74, 6) is -0.0234. The van der Waals surface area contributed by atoms with Crippen molar-refractivity contribution >= 4 is 46.6 Å². The maximum atomic E-state index is 13.5. The fourth-order valence-electron chi connectivity index (χ4n) is 5.26. The number of methoxy groups -OCH3 is 1. The van der Waals surface area contributed by atoms with Crippen LogP contribution in [0.15, 0.2) is 42.0 Å². The molecule has 0 radical (unpaired) electrons. The van der Waals surface area contributed by atoms with E-state index in [-0.39, 0.29) is 16.2 Å². The molecule has 6 nitrogen and oxygen atoms in total. The van der Waals surface area contributed by atoms with Crippen LogP contribution >= 0.6 is 12.2 Å². The van der Waals surface area contributed by atoms with E-state index in [9.17, 15) is 9.59 Å². The molecule has 1 fully saturated rings. The Balaban J connectivity index is 1.83. The van der Waals surface area contributed by atoms with Gasteiger partial charge in [0.2, 0.25) is 0 Å². The first kappa shape index (κ1) is 24.0. The standard InChI is InChI=1S/C27H31N3O3S/c1-7-29-22-14-23(33-6)18(12-19(22)17(3)15-27(29,4)5)13-20-24(31)28-26(34)30(25(20)32)21-11-9-8-10-16(21)2/h8-14,17H,7,15H2,1-6H3,(H,28,31,34)/b20-13-. The van der Waals surface area contributed by atoms with Crippen molar-refractivity contribution in [1.29, 1.82) is 0 Å². The molecule has 2 aliphatic rings. The smallest absolute Gasteiger partial charge is 0.270 e. The molecule has 0 saturated carbocycles. The quantitative estimate of drug-likeness (QED) is 0.384. The lowest BCUT2D eigenvalue weighted by Crippen LogP contribution is -2.54. The van der Waals surface area contributed by atoms with Gasteiger partial charge in [0.05, 0.1) is 12.8 Å². The van der Waals surface area contributed by atoms with Gasteiger partial charge in [-0.05, 0) is 81.6 Å². The van der Waals surface area contributed by atoms with Gasteiger partial charge in [0.25, 0.3) is 11.8 Å². The van der Waals surface area contributed by atoms with Crippen LogP contribution in [0.2, 0.25) is 0 Å². The zero-order valence-corrected chi connectivity index (χ0v) is 21.4. The lowest BCUT2D eigenvalue weighted by molar-refractivity contribution is -0.122. The van der Waals surface area contributed by atoms with Gasteiger partial charge >= 0.3 is 0 Å². The Morgan fingerprint density at radius 1 is 1.21 bits per heavy atom. The molecule has 4 rings (SSSR count). The number of hydrogen-bond donors (Lipinski definition) is 1. The molecule has 1 N–H and O–H groups in total. The largest absolute Gasteiger partial charge is 0.496 e. The van der Waals surface area contributed by atoms with Crippen molar-refractivity contribution in [3.8, 4) is 5.75 Å². The zero-order chi connectivity index (χ0) is 24.8. The first-order chi connectivity index (χ1) is 16.1. The van der Waals surface area contributed by atoms with Gasteiger partial charge < -0.3 is 9.64 Å². The highest BCUT2D eigenvalue weighted by Crippen LogP contribution is 2.46. The average Bonchev–Trinajstić information content (AvgIpc) is 2.77. The fraction of sp³-hybridized carbons (Fsp3) is 0.370. The molecule has 0 bridgehead atoms. The van der Waals surface area contributed by atoms with Crippen LogP contribution in [0.1, 0.15) is 56.7 Å². The molecule has 1 atom stereocenters. The summed E-state index contributed by atoms with van der Waals surface area (Å²) in [6.45, 7) is 11.7. The van der Waals surface area contributed by atoms with Gasteiger partial charge in [-0.25, -0.2) is 0 Å². The van der Waals surface area contributed by atoms with Gasteiger partial charge in [-0.1, -0.05) is 25.1 Å². The summed E-state index contributed by atoms with van der Waals surface area (Å²) < 4.78 is 5.72. The molecule has 1 unspecified atom stereocenters. The van der Waals surface area contributed by atoms with Crippen LogP contribution in [0.3, 0.4) is 0 Å². The third-order valence-electron chi connectivity index (χ3n) is 6.81. The summed E-state index contributed by atoms with van der Waals surface area (Å²) in [6.07, 6.45) is 2.62. The molecule has 2 amide bonds. The molecule has 34 heavy (non-hydrogen) atoms. The summed E-state index contributed by atoms with van der Waals surface area (Å²) >= 11 is 5.35. The molecule has 7 heteroatoms. The van der Waals surface area contributed by atoms with Gasteiger partial charge in [0.1, 0.15) is 11.3 Å². The number of benzene rings is 2. The highest BCUT2D eigenvalue weighted by Gasteiger charge is 2.38. The van der Waals surface area contributed by atoms with E-state index in [2.05, 4.69) is 44.0 Å². The van der Waals surface area contributed by atoms with E-state index in [1.54, 1.807) is 13.2 Å². The number of para-hydroxylation sites is 1. The van der Waals surface area contributed by atoms with Crippen molar-refractivity contribution in [2.24, 2.45) is 0 Å². The molecule has 2 aliphatic heterocycles. The van der Waals surface area contributed by atoms with Crippen molar-refractivity contribution in [2.45, 2.75) is 52.5 Å². The normalized spacial score (nSPS) is 20.9. The molecule has 2 heterocycles. The third kappa shape index (κ3) is 3.98. The summed E-state index contributed by atoms with van der Waals surface area (Å²) in [5, 5.41) is 2.75. The maximum Gasteiger partial charge on any atom is 0.270 e. The number of rotatable bonds is 4. The highest BCUT2D eigenvalue weighted by atomic mass is 32.1. The first-order valence-corrected chi connectivity index (χ1v) is 12.0. The number of fused-ring (bicyclic) bond motifs is 1. The number of carbonyl (C=O) groups is 2. The SMILES string of the molecule is CCN1c2cc(OC)c(/C=C3/C(=O)NC(=S)N(c4ccccc4C)C3=O)cc2C(C)CC1(C)C. The monoisotopic (exact) mass is 477 g/mol. The Hall–Kier alpha value is -3.19. The Bertz CT molecular complexity index is 1220. The van der Waals surface area contributed by atoms with E-state index >= 15 is 0 Å². The van der Waals surface area contributed by atoms with Crippen LogP contribution in [-0.2, 0) is 9.59 Å². The van der Waals surface area contributed by atoms with Crippen LogP contribution in [0.25, 0.3) is 6.08 Å². The number of ether oxygens (including phenoxy) is 1. The molecule has 2 aromatic carbocycles. The van der Waals surface area contributed by atoms with E-state index in [1.807, 2.05) is 37.3 Å². The van der Waals surface area contributed by atoms with Gasteiger partial charge in [-0.2, -0.15) is 0 Å². The summed E-state index contributed by atoms with van der Waals surface area (Å²) in [4.78, 5) is 30.1. The molecule has 178 valence electrons. The van der Waals surface area contributed by atoms with Gasteiger partial charge in [-0.15, -0.1) is 0 Å². The third-order valence-corrected chi connectivity index (χ3v) is 7.10. The minimum Gasteiger partial charge on any atom is -0.496 e. The molecule has 0 aromatic heterocycles. The number of anilines is 2. The van der Waals surface area contributed by atoms with Crippen LogP contribution in [0, 0.1) is 6.92 Å². The van der Waals surface area contributed by atoms with Gasteiger partial charge in [0, 0.05) is 29.4 Å². The summed E-state index contributed by atoms with van der Waals surface area (Å²) in [5.41, 5.74) is 4.59. The van der Waals surface area contributed by atoms with Crippen LogP contribution in [-0.4, -0.2) is 36.1 Å². The number of nitrogens with one attached hydrogen (secondary N) is 1. The van der Waals surface area contributed by atoms with E-state index in [4.69, 9.17) is 17.0 Å². The minimum absolute atomic E-state index is 0.0197. The predicted molar refractivity (Wildman–Crippen MR) is 141 cm³/mol. The van der Waals surface area contributed by atoms with Crippen LogP contribution < -0.4 is 19.9 Å². The number of hydrogen-bond acceptors (Lipinski definition) is 5. The van der Waals surface area contributed by atoms with E-state index in [1.165, 1.54) is 10.5 Å². The first-order valence-electron chi connectivity index (χ1n) is 11.6. The number of carbonyl (C=O) groups excluding carboxylic acids is 2. The predicted octanol–water partition coefficient (Wildman–Crippen LogP) is 4.95. The van der Waals surface area contributed by atoms with E-state index < -0.39 is 11.8 Å². The van der Waals surface area contributed by atoms with Crippen molar-refractivity contribution < 1.29 is 14.3 Å². The Kier molecular flexibility index (Phi) is 6.25. The Labute approximate surface area is 206 Å². The Morgan fingerprint density at radius 2 is 1.91 bits per heavy atom. The lowest BCUT2D eigenvalue weighted by Gasteiger charge is -2.47. The fourth-order valence-corrected chi connectivity index (χ4v) is 5.54. The average molecular weight is 478 g/mol. The zero-order valence-electron chi connectivity index (χ0n) is 20.6. The van der Waals surface area contributed by atoms with Crippen molar-refractivity contribution in [1.82, 2.24) is 5.32 Å². The number of amides is 2. The molecule has 2 aromatic rings. The lowest BCUT2D eigenvalue weighted by atomic mass is 9.79. The van der Waals surface area contributed by atoms with Crippen molar-refractivity contribution in [3.05, 3.63) is 58.7 Å². The van der Waals surface area contributed by atoms with Crippen LogP contribution in [0.5, 0.6) is 5.75 Å². The van der Waals surface area contributed by atoms with Gasteiger partial charge in [-0.3, -0.25) is 19.8 Å². The van der Waals surface area contributed by atoms with E-state index in [0.717, 1.165) is 24.2 Å². The van der Waals surface area contributed by atoms with Crippen molar-refractivity contribution in [2.75, 3.05) is 23.5 Å². The minimum atomic E-state index is -0.510. The highest BCUT2D eigenvalue weighted by molar-refractivity contribution is 7.80. The molecule has 1 saturated heterocycles. The maximum absolute atomic E-state index is 13.5. The second kappa shape index (κ2) is 8.87. The second-order valence-electron chi connectivity index (χ2n) is 9.56. The molecule has 0 spiro atoms.